The van der Waals surface area contributed by atoms with Crippen LogP contribution in [-0.2, 0) is 19.5 Å². The van der Waals surface area contributed by atoms with Crippen molar-refractivity contribution in [3.63, 3.8) is 0 Å². The van der Waals surface area contributed by atoms with Crippen LogP contribution in [0.4, 0.5) is 0 Å². The van der Waals surface area contributed by atoms with Crippen molar-refractivity contribution in [2.75, 3.05) is 13.1 Å². The van der Waals surface area contributed by atoms with Gasteiger partial charge >= 0.3 is 0 Å². The Hall–Kier alpha value is -1.72. The molecule has 2 aliphatic rings. The molecule has 0 amide bonds. The molecule has 4 aromatic carbocycles. The maximum Gasteiger partial charge on any atom is 0.0299 e. The molecule has 2 aliphatic heterocycles. The zero-order chi connectivity index (χ0) is 24.2. The van der Waals surface area contributed by atoms with E-state index in [-0.39, 0.29) is 19.5 Å². The first-order chi connectivity index (χ1) is 17.9. The quantitative estimate of drug-likeness (QED) is 0.187. The topological polar surface area (TPSA) is 6.48 Å². The second-order valence-corrected chi connectivity index (χ2v) is 14.1. The van der Waals surface area contributed by atoms with Gasteiger partial charge in [0.05, 0.1) is 0 Å². The maximum absolute atomic E-state index is 2.91. The van der Waals surface area contributed by atoms with Crippen molar-refractivity contribution in [2.45, 2.75) is 37.8 Å². The number of nitrogens with zero attached hydrogens (tertiary/aromatic N) is 2. The van der Waals surface area contributed by atoms with E-state index in [4.69, 9.17) is 0 Å². The molecule has 0 aromatic heterocycles. The fourth-order valence-corrected chi connectivity index (χ4v) is 11.4. The van der Waals surface area contributed by atoms with Crippen molar-refractivity contribution >= 4 is 37.4 Å². The summed E-state index contributed by atoms with van der Waals surface area (Å²) in [5.74, 6) is 0. The zero-order valence-corrected chi connectivity index (χ0v) is 24.5. The molecule has 0 unspecified atom stereocenters. The molecule has 0 spiro atoms. The molecular weight excluding hydrogens is 577 g/mol. The van der Waals surface area contributed by atoms with E-state index >= 15 is 0 Å². The normalized spacial score (nSPS) is 20.4. The minimum absolute atomic E-state index is 0. The monoisotopic (exact) mass is 611 g/mol. The maximum atomic E-state index is 2.91. The SMILES string of the molecule is [Rh].c1ccc(P(c2ccccc2)N2CCC[C@@H]2[C@H]2CCCN2P(c2ccccc2)c2ccccc2)cc1. The third kappa shape index (κ3) is 5.83. The predicted octanol–water partition coefficient (Wildman–Crippen LogP) is 6.01. The van der Waals surface area contributed by atoms with Crippen molar-refractivity contribution < 1.29 is 19.5 Å². The third-order valence-electron chi connectivity index (χ3n) is 7.50. The van der Waals surface area contributed by atoms with Crippen LogP contribution in [0.1, 0.15) is 25.7 Å². The average molecular weight is 611 g/mol. The van der Waals surface area contributed by atoms with Crippen molar-refractivity contribution in [1.82, 2.24) is 9.34 Å². The Bertz CT molecular complexity index is 1050. The van der Waals surface area contributed by atoms with Gasteiger partial charge in [-0.15, -0.1) is 0 Å². The average Bonchev–Trinajstić information content (AvgIpc) is 3.62. The van der Waals surface area contributed by atoms with Gasteiger partial charge in [-0.3, -0.25) is 9.34 Å². The first kappa shape index (κ1) is 26.9. The van der Waals surface area contributed by atoms with Crippen LogP contribution in [0.5, 0.6) is 0 Å². The summed E-state index contributed by atoms with van der Waals surface area (Å²) in [4.78, 5) is 0. The van der Waals surface area contributed by atoms with Crippen molar-refractivity contribution in [3.8, 4) is 0 Å². The molecule has 2 heterocycles. The molecule has 37 heavy (non-hydrogen) atoms. The van der Waals surface area contributed by atoms with E-state index in [0.717, 1.165) is 0 Å². The minimum atomic E-state index is -0.540. The number of hydrogen-bond acceptors (Lipinski definition) is 2. The van der Waals surface area contributed by atoms with E-state index in [1.165, 1.54) is 60.0 Å². The van der Waals surface area contributed by atoms with Crippen LogP contribution < -0.4 is 21.2 Å². The Balaban J connectivity index is 0.00000280. The van der Waals surface area contributed by atoms with Crippen LogP contribution in [0.2, 0.25) is 0 Å². The number of benzene rings is 4. The Morgan fingerprint density at radius 3 is 0.973 bits per heavy atom. The van der Waals surface area contributed by atoms with Crippen LogP contribution in [0.25, 0.3) is 0 Å². The molecule has 191 valence electrons. The van der Waals surface area contributed by atoms with Gasteiger partial charge < -0.3 is 0 Å². The fraction of sp³-hybridized carbons (Fsp3) is 0.250. The van der Waals surface area contributed by atoms with Crippen LogP contribution >= 0.6 is 16.1 Å². The Labute approximate surface area is 237 Å². The van der Waals surface area contributed by atoms with E-state index in [1.54, 1.807) is 0 Å². The van der Waals surface area contributed by atoms with Gasteiger partial charge in [-0.05, 0) is 46.9 Å². The van der Waals surface area contributed by atoms with Crippen molar-refractivity contribution in [3.05, 3.63) is 121 Å². The van der Waals surface area contributed by atoms with Gasteiger partial charge in [-0.1, -0.05) is 121 Å². The third-order valence-corrected chi connectivity index (χ3v) is 12.7. The standard InChI is InChI=1S/C32H34N2P2.Rh/c1-5-15-27(16-6-1)35(28-17-7-2-8-18-28)33-25-13-23-31(33)32-24-14-26-34(32)36(29-19-9-3-10-20-29)30-21-11-4-12-22-30;/h1-12,15-22,31-32H,13-14,23-26H2;/t31-,32-;/m1./s1. The summed E-state index contributed by atoms with van der Waals surface area (Å²) in [6.45, 7) is 2.39. The first-order valence-electron chi connectivity index (χ1n) is 13.2. The summed E-state index contributed by atoms with van der Waals surface area (Å²) in [6, 6.07) is 46.3. The smallest absolute Gasteiger partial charge is 0.0299 e. The van der Waals surface area contributed by atoms with Gasteiger partial charge in [-0.2, -0.15) is 0 Å². The van der Waals surface area contributed by atoms with Crippen LogP contribution in [-0.4, -0.2) is 34.5 Å². The zero-order valence-electron chi connectivity index (χ0n) is 21.1. The van der Waals surface area contributed by atoms with Gasteiger partial charge in [0.15, 0.2) is 0 Å². The molecule has 0 aliphatic carbocycles. The van der Waals surface area contributed by atoms with E-state index in [9.17, 15) is 0 Å². The predicted molar refractivity (Wildman–Crippen MR) is 158 cm³/mol. The summed E-state index contributed by atoms with van der Waals surface area (Å²) in [5, 5.41) is 5.90. The van der Waals surface area contributed by atoms with Crippen LogP contribution in [0.3, 0.4) is 0 Å². The summed E-state index contributed by atoms with van der Waals surface area (Å²) in [7, 11) is -1.08. The molecule has 4 aromatic rings. The number of hydrogen-bond donors (Lipinski definition) is 0. The molecular formula is C32H34N2P2Rh. The minimum Gasteiger partial charge on any atom is -0.270 e. The van der Waals surface area contributed by atoms with Gasteiger partial charge in [0.1, 0.15) is 0 Å². The van der Waals surface area contributed by atoms with Gasteiger partial charge in [0.25, 0.3) is 0 Å². The van der Waals surface area contributed by atoms with Crippen LogP contribution in [0.15, 0.2) is 121 Å². The molecule has 0 bridgehead atoms. The molecule has 5 heteroatoms. The molecule has 0 N–H and O–H groups in total. The van der Waals surface area contributed by atoms with Gasteiger partial charge in [0, 0.05) is 60.8 Å². The molecule has 2 atom stereocenters. The Morgan fingerprint density at radius 2 is 0.703 bits per heavy atom. The summed E-state index contributed by atoms with van der Waals surface area (Å²) < 4.78 is 5.82. The summed E-state index contributed by atoms with van der Waals surface area (Å²) in [6.07, 6.45) is 5.18. The Morgan fingerprint density at radius 1 is 0.432 bits per heavy atom. The van der Waals surface area contributed by atoms with E-state index in [2.05, 4.69) is 131 Å². The van der Waals surface area contributed by atoms with Gasteiger partial charge in [0.2, 0.25) is 0 Å². The first-order valence-corrected chi connectivity index (χ1v) is 15.8. The largest absolute Gasteiger partial charge is 0.270 e. The summed E-state index contributed by atoms with van der Waals surface area (Å²) >= 11 is 0. The van der Waals surface area contributed by atoms with Crippen molar-refractivity contribution in [2.24, 2.45) is 0 Å². The molecule has 0 saturated carbocycles. The fourth-order valence-electron chi connectivity index (χ4n) is 6.00. The summed E-state index contributed by atoms with van der Waals surface area (Å²) in [5.41, 5.74) is 0. The molecule has 2 saturated heterocycles. The molecule has 2 fully saturated rings. The second kappa shape index (κ2) is 12.9. The molecule has 1 radical (unpaired) electrons. The number of rotatable bonds is 7. The van der Waals surface area contributed by atoms with Crippen molar-refractivity contribution in [1.29, 1.82) is 0 Å². The second-order valence-electron chi connectivity index (χ2n) is 9.71. The van der Waals surface area contributed by atoms with Gasteiger partial charge in [-0.25, -0.2) is 0 Å². The Kier molecular flexibility index (Phi) is 9.36. The van der Waals surface area contributed by atoms with E-state index in [1.807, 2.05) is 0 Å². The van der Waals surface area contributed by atoms with Crippen LogP contribution in [0, 0.1) is 0 Å². The molecule has 2 nitrogen and oxygen atoms in total. The van der Waals surface area contributed by atoms with E-state index < -0.39 is 16.1 Å². The van der Waals surface area contributed by atoms with E-state index in [0.29, 0.717) is 12.1 Å². The molecule has 6 rings (SSSR count).